The van der Waals surface area contributed by atoms with Crippen LogP contribution in [0, 0.1) is 0 Å². The Bertz CT molecular complexity index is 609. The summed E-state index contributed by atoms with van der Waals surface area (Å²) in [6.07, 6.45) is 0.758. The largest absolute Gasteiger partial charge is 0.343 e. The molecule has 0 spiro atoms. The van der Waals surface area contributed by atoms with Crippen LogP contribution in [0.5, 0.6) is 0 Å². The van der Waals surface area contributed by atoms with Gasteiger partial charge in [-0.2, -0.15) is 0 Å². The molecule has 96 valence electrons. The third-order valence-corrected chi connectivity index (χ3v) is 3.59. The molecule has 0 saturated carbocycles. The second-order valence-electron chi connectivity index (χ2n) is 3.46. The number of aryl methyl sites for hydroxylation is 1. The maximum Gasteiger partial charge on any atom is 0.343 e. The van der Waals surface area contributed by atoms with Crippen LogP contribution in [0.2, 0.25) is 0 Å². The molecule has 0 amide bonds. The van der Waals surface area contributed by atoms with Gasteiger partial charge in [0.25, 0.3) is 0 Å². The maximum atomic E-state index is 11.4. The van der Waals surface area contributed by atoms with E-state index >= 15 is 0 Å². The lowest BCUT2D eigenvalue weighted by atomic mass is 10.4. The molecule has 0 radical (unpaired) electrons. The minimum atomic E-state index is -0.205. The van der Waals surface area contributed by atoms with Gasteiger partial charge in [-0.15, -0.1) is 5.10 Å². The van der Waals surface area contributed by atoms with E-state index in [0.29, 0.717) is 11.7 Å². The summed E-state index contributed by atoms with van der Waals surface area (Å²) < 4.78 is 2.30. The lowest BCUT2D eigenvalue weighted by Gasteiger charge is -2.03. The maximum absolute atomic E-state index is 11.4. The van der Waals surface area contributed by atoms with E-state index in [-0.39, 0.29) is 5.69 Å². The highest BCUT2D eigenvalue weighted by Crippen LogP contribution is 2.25. The molecule has 18 heavy (non-hydrogen) atoms. The van der Waals surface area contributed by atoms with Crippen molar-refractivity contribution in [2.75, 3.05) is 0 Å². The van der Waals surface area contributed by atoms with E-state index in [1.807, 2.05) is 19.9 Å². The van der Waals surface area contributed by atoms with Crippen molar-refractivity contribution in [2.45, 2.75) is 37.0 Å². The monoisotopic (exact) mass is 329 g/mol. The molecule has 0 unspecified atom stereocenters. The molecular weight excluding hydrogens is 318 g/mol. The molecule has 2 rings (SSSR count). The predicted octanol–water partition coefficient (Wildman–Crippen LogP) is 1.86. The molecule has 0 saturated heterocycles. The van der Waals surface area contributed by atoms with E-state index in [1.165, 1.54) is 11.8 Å². The van der Waals surface area contributed by atoms with E-state index in [2.05, 4.69) is 36.1 Å². The van der Waals surface area contributed by atoms with Gasteiger partial charge in [0.05, 0.1) is 0 Å². The van der Waals surface area contributed by atoms with Gasteiger partial charge in [-0.3, -0.25) is 4.57 Å². The van der Waals surface area contributed by atoms with Crippen molar-refractivity contribution in [1.29, 1.82) is 0 Å². The number of aromatic amines is 1. The first-order valence-electron chi connectivity index (χ1n) is 5.50. The molecule has 8 heteroatoms. The molecule has 0 atom stereocenters. The van der Waals surface area contributed by atoms with Crippen molar-refractivity contribution in [2.24, 2.45) is 0 Å². The Kier molecular flexibility index (Phi) is 4.18. The molecule has 0 bridgehead atoms. The Morgan fingerprint density at radius 1 is 1.44 bits per heavy atom. The molecule has 0 aromatic carbocycles. The molecule has 0 fully saturated rings. The molecule has 2 aromatic rings. The van der Waals surface area contributed by atoms with Crippen molar-refractivity contribution >= 4 is 27.7 Å². The van der Waals surface area contributed by atoms with Crippen molar-refractivity contribution < 1.29 is 0 Å². The third-order valence-electron chi connectivity index (χ3n) is 2.27. The molecule has 0 aliphatic heterocycles. The zero-order chi connectivity index (χ0) is 13.1. The topological polar surface area (TPSA) is 76.5 Å². The van der Waals surface area contributed by atoms with Crippen molar-refractivity contribution in [3.8, 4) is 0 Å². The summed E-state index contributed by atoms with van der Waals surface area (Å²) in [5.74, 6) is 0.757. The summed E-state index contributed by atoms with van der Waals surface area (Å²) in [5, 5.41) is 7.79. The highest BCUT2D eigenvalue weighted by molar-refractivity contribution is 9.10. The number of halogens is 1. The number of hydrogen-bond acceptors (Lipinski definition) is 5. The van der Waals surface area contributed by atoms with Crippen molar-refractivity contribution in [1.82, 2.24) is 24.7 Å². The van der Waals surface area contributed by atoms with Gasteiger partial charge in [-0.05, 0) is 34.6 Å². The van der Waals surface area contributed by atoms with E-state index in [9.17, 15) is 4.79 Å². The van der Waals surface area contributed by atoms with E-state index in [4.69, 9.17) is 0 Å². The molecule has 6 nitrogen and oxygen atoms in total. The number of hydrogen-bond donors (Lipinski definition) is 1. The average molecular weight is 330 g/mol. The fraction of sp³-hybridized carbons (Fsp3) is 0.400. The highest BCUT2D eigenvalue weighted by Gasteiger charge is 2.10. The first kappa shape index (κ1) is 13.3. The van der Waals surface area contributed by atoms with Gasteiger partial charge in [0.2, 0.25) is 0 Å². The minimum absolute atomic E-state index is 0.205. The molecular formula is C10H12BrN5OS. The van der Waals surface area contributed by atoms with Crippen LogP contribution in [0.1, 0.15) is 19.7 Å². The van der Waals surface area contributed by atoms with E-state index < -0.39 is 0 Å². The summed E-state index contributed by atoms with van der Waals surface area (Å²) in [7, 11) is 0. The first-order valence-corrected chi connectivity index (χ1v) is 7.11. The van der Waals surface area contributed by atoms with E-state index in [0.717, 1.165) is 21.9 Å². The van der Waals surface area contributed by atoms with Crippen LogP contribution in [-0.2, 0) is 13.0 Å². The Hall–Kier alpha value is -1.15. The van der Waals surface area contributed by atoms with Gasteiger partial charge in [-0.1, -0.05) is 6.92 Å². The number of nitrogens with one attached hydrogen (secondary N) is 1. The zero-order valence-corrected chi connectivity index (χ0v) is 12.4. The average Bonchev–Trinajstić information content (AvgIpc) is 2.69. The molecule has 1 N–H and O–H groups in total. The number of nitrogens with zero attached hydrogens (tertiary/aromatic N) is 4. The Balaban J connectivity index is 2.33. The fourth-order valence-corrected chi connectivity index (χ4v) is 2.90. The summed E-state index contributed by atoms with van der Waals surface area (Å²) in [4.78, 5) is 20.1. The van der Waals surface area contributed by atoms with Crippen LogP contribution in [0.4, 0.5) is 0 Å². The Morgan fingerprint density at radius 3 is 2.89 bits per heavy atom. The lowest BCUT2D eigenvalue weighted by molar-refractivity contribution is 0.659. The van der Waals surface area contributed by atoms with Gasteiger partial charge < -0.3 is 0 Å². The lowest BCUT2D eigenvalue weighted by Crippen LogP contribution is -2.16. The van der Waals surface area contributed by atoms with E-state index in [1.54, 1.807) is 4.57 Å². The summed E-state index contributed by atoms with van der Waals surface area (Å²) in [5.41, 5.74) is -0.205. The Morgan fingerprint density at radius 2 is 2.22 bits per heavy atom. The number of H-pyrrole nitrogens is 1. The molecule has 0 aliphatic rings. The van der Waals surface area contributed by atoms with Crippen LogP contribution in [0.3, 0.4) is 0 Å². The van der Waals surface area contributed by atoms with Gasteiger partial charge in [0.15, 0.2) is 5.16 Å². The summed E-state index contributed by atoms with van der Waals surface area (Å²) in [6, 6.07) is 1.81. The summed E-state index contributed by atoms with van der Waals surface area (Å²) >= 11 is 4.69. The summed E-state index contributed by atoms with van der Waals surface area (Å²) in [6.45, 7) is 4.46. The quantitative estimate of drug-likeness (QED) is 0.866. The molecule has 0 aliphatic carbocycles. The first-order chi connectivity index (χ1) is 8.63. The molecule has 2 heterocycles. The normalized spacial score (nSPS) is 10.8. The predicted molar refractivity (Wildman–Crippen MR) is 71.8 cm³/mol. The highest BCUT2D eigenvalue weighted by atomic mass is 79.9. The fourth-order valence-electron chi connectivity index (χ4n) is 1.41. The second-order valence-corrected chi connectivity index (χ2v) is 5.26. The van der Waals surface area contributed by atoms with Gasteiger partial charge >= 0.3 is 5.69 Å². The van der Waals surface area contributed by atoms with Gasteiger partial charge in [-0.25, -0.2) is 19.9 Å². The van der Waals surface area contributed by atoms with Gasteiger partial charge in [0, 0.05) is 19.0 Å². The minimum Gasteiger partial charge on any atom is -0.270 e. The van der Waals surface area contributed by atoms with Crippen molar-refractivity contribution in [3.05, 3.63) is 27.0 Å². The zero-order valence-electron chi connectivity index (χ0n) is 9.97. The van der Waals surface area contributed by atoms with Crippen LogP contribution in [0.25, 0.3) is 0 Å². The standard InChI is InChI=1S/C10H12BrN5OS/c1-3-7-12-6(11)5-8(13-7)18-10-15-14-9(17)16(10)4-2/h5H,3-4H2,1-2H3,(H,14,17). The molecule has 2 aromatic heterocycles. The van der Waals surface area contributed by atoms with Crippen LogP contribution >= 0.6 is 27.7 Å². The SMILES string of the molecule is CCc1nc(Br)cc(Sc2n[nH]c(=O)n2CC)n1. The Labute approximate surface area is 116 Å². The third kappa shape index (κ3) is 2.81. The number of aromatic nitrogens is 5. The van der Waals surface area contributed by atoms with Crippen LogP contribution in [-0.4, -0.2) is 24.7 Å². The van der Waals surface area contributed by atoms with Crippen molar-refractivity contribution in [3.63, 3.8) is 0 Å². The second kappa shape index (κ2) is 5.66. The van der Waals surface area contributed by atoms with Gasteiger partial charge in [0.1, 0.15) is 15.5 Å². The smallest absolute Gasteiger partial charge is 0.270 e. The van der Waals surface area contributed by atoms with Crippen LogP contribution in [0.15, 0.2) is 25.6 Å². The van der Waals surface area contributed by atoms with Crippen LogP contribution < -0.4 is 5.69 Å². The number of rotatable bonds is 4.